The van der Waals surface area contributed by atoms with Gasteiger partial charge in [0.25, 0.3) is 0 Å². The van der Waals surface area contributed by atoms with E-state index in [9.17, 15) is 4.57 Å². The molecule has 3 nitrogen and oxygen atoms in total. The lowest BCUT2D eigenvalue weighted by molar-refractivity contribution is 0.205. The highest BCUT2D eigenvalue weighted by Gasteiger charge is 2.21. The maximum absolute atomic E-state index is 11.8. The molecule has 0 amide bonds. The van der Waals surface area contributed by atoms with E-state index in [2.05, 4.69) is 13.8 Å². The summed E-state index contributed by atoms with van der Waals surface area (Å²) >= 11 is 0. The van der Waals surface area contributed by atoms with Crippen LogP contribution in [-0.2, 0) is 13.6 Å². The van der Waals surface area contributed by atoms with Crippen molar-refractivity contribution in [1.29, 1.82) is 0 Å². The zero-order chi connectivity index (χ0) is 10.9. The van der Waals surface area contributed by atoms with Crippen LogP contribution >= 0.6 is 7.60 Å². The summed E-state index contributed by atoms with van der Waals surface area (Å²) in [4.78, 5) is 0. The first kappa shape index (κ1) is 14.2. The van der Waals surface area contributed by atoms with Gasteiger partial charge in [-0.1, -0.05) is 33.6 Å². The number of hydrogen-bond acceptors (Lipinski definition) is 3. The molecule has 1 radical (unpaired) electrons. The topological polar surface area (TPSA) is 35.5 Å². The van der Waals surface area contributed by atoms with E-state index in [1.54, 1.807) is 13.1 Å². The van der Waals surface area contributed by atoms with Gasteiger partial charge in [-0.2, -0.15) is 0 Å². The van der Waals surface area contributed by atoms with Crippen LogP contribution in [0.3, 0.4) is 0 Å². The number of rotatable bonds is 9. The molecule has 0 heterocycles. The summed E-state index contributed by atoms with van der Waals surface area (Å²) in [6, 6.07) is 0. The highest BCUT2D eigenvalue weighted by molar-refractivity contribution is 7.56. The lowest BCUT2D eigenvalue weighted by atomic mass is 10.4. The molecule has 0 saturated heterocycles. The maximum Gasteiger partial charge on any atom is 0.334 e. The molecule has 0 atom stereocenters. The zero-order valence-electron chi connectivity index (χ0n) is 9.49. The van der Waals surface area contributed by atoms with Crippen molar-refractivity contribution in [3.63, 3.8) is 0 Å². The van der Waals surface area contributed by atoms with Gasteiger partial charge in [-0.05, 0) is 12.8 Å². The van der Waals surface area contributed by atoms with E-state index >= 15 is 0 Å². The van der Waals surface area contributed by atoms with Crippen LogP contribution in [0.15, 0.2) is 0 Å². The van der Waals surface area contributed by atoms with Crippen molar-refractivity contribution in [1.82, 2.24) is 0 Å². The molecule has 0 fully saturated rings. The van der Waals surface area contributed by atoms with Crippen molar-refractivity contribution in [2.24, 2.45) is 0 Å². The second-order valence-electron chi connectivity index (χ2n) is 3.17. The van der Waals surface area contributed by atoms with Crippen LogP contribution in [0.2, 0.25) is 0 Å². The first-order valence-corrected chi connectivity index (χ1v) is 6.99. The van der Waals surface area contributed by atoms with Gasteiger partial charge in [0.05, 0.1) is 19.4 Å². The minimum absolute atomic E-state index is 0.518. The molecule has 0 bridgehead atoms. The fourth-order valence-electron chi connectivity index (χ4n) is 0.859. The lowest BCUT2D eigenvalue weighted by Crippen LogP contribution is -1.98. The molecule has 0 spiro atoms. The first-order valence-electron chi connectivity index (χ1n) is 5.37. The summed E-state index contributed by atoms with van der Waals surface area (Å²) in [6.07, 6.45) is 5.47. The quantitative estimate of drug-likeness (QED) is 0.436. The highest BCUT2D eigenvalue weighted by atomic mass is 31.2. The third-order valence-corrected chi connectivity index (χ3v) is 3.57. The zero-order valence-corrected chi connectivity index (χ0v) is 10.4. The van der Waals surface area contributed by atoms with E-state index in [1.165, 1.54) is 0 Å². The molecule has 0 aromatic rings. The fraction of sp³-hybridized carbons (Fsp3) is 0.900. The fourth-order valence-corrected chi connectivity index (χ4v) is 2.00. The Morgan fingerprint density at radius 3 is 1.79 bits per heavy atom. The Morgan fingerprint density at radius 1 is 1.07 bits per heavy atom. The molecule has 0 rings (SSSR count). The average molecular weight is 221 g/mol. The second-order valence-corrected chi connectivity index (χ2v) is 5.28. The molecule has 85 valence electrons. The number of hydrogen-bond donors (Lipinski definition) is 0. The van der Waals surface area contributed by atoms with Crippen LogP contribution in [0.4, 0.5) is 0 Å². The van der Waals surface area contributed by atoms with Gasteiger partial charge >= 0.3 is 7.60 Å². The summed E-state index contributed by atoms with van der Waals surface area (Å²) in [5, 5.41) is 0. The van der Waals surface area contributed by atoms with Gasteiger partial charge in [-0.3, -0.25) is 4.57 Å². The summed E-state index contributed by atoms with van der Waals surface area (Å²) in [7, 11) is -2.88. The van der Waals surface area contributed by atoms with Gasteiger partial charge in [0.15, 0.2) is 0 Å². The van der Waals surface area contributed by atoms with Crippen LogP contribution in [0.5, 0.6) is 0 Å². The molecule has 0 unspecified atom stereocenters. The molecular formula is C10H22O3P. The standard InChI is InChI=1S/C10H22O3P/c1-4-7-9-12-14(11,6-3)13-10-8-5-2/h6H,4-5,7-10H2,1-3H3. The molecule has 0 aromatic carbocycles. The average Bonchev–Trinajstić information content (AvgIpc) is 2.19. The van der Waals surface area contributed by atoms with Gasteiger partial charge in [-0.25, -0.2) is 0 Å². The Morgan fingerprint density at radius 2 is 1.50 bits per heavy atom. The molecule has 0 aliphatic carbocycles. The normalized spacial score (nSPS) is 11.9. The van der Waals surface area contributed by atoms with Crippen molar-refractivity contribution in [3.8, 4) is 0 Å². The second kappa shape index (κ2) is 8.46. The van der Waals surface area contributed by atoms with Gasteiger partial charge in [0, 0.05) is 0 Å². The summed E-state index contributed by atoms with van der Waals surface area (Å²) in [6.45, 7) is 6.90. The van der Waals surface area contributed by atoms with E-state index in [0.717, 1.165) is 25.7 Å². The SMILES string of the molecule is C[CH]P(=O)(OCCCC)OCCCC. The smallest absolute Gasteiger partial charge is 0.308 e. The lowest BCUT2D eigenvalue weighted by Gasteiger charge is -2.16. The van der Waals surface area contributed by atoms with Crippen molar-refractivity contribution in [2.45, 2.75) is 46.5 Å². The molecule has 0 saturated carbocycles. The van der Waals surface area contributed by atoms with Crippen LogP contribution < -0.4 is 0 Å². The molecule has 0 aromatic heterocycles. The summed E-state index contributed by atoms with van der Waals surface area (Å²) < 4.78 is 22.3. The van der Waals surface area contributed by atoms with Gasteiger partial charge in [0.1, 0.15) is 0 Å². The van der Waals surface area contributed by atoms with Crippen LogP contribution in [0.25, 0.3) is 0 Å². The third-order valence-electron chi connectivity index (χ3n) is 1.85. The predicted molar refractivity (Wildman–Crippen MR) is 59.3 cm³/mol. The molecule has 0 N–H and O–H groups in total. The molecule has 4 heteroatoms. The molecule has 0 aliphatic heterocycles. The van der Waals surface area contributed by atoms with E-state index in [1.807, 2.05) is 0 Å². The maximum atomic E-state index is 11.8. The number of unbranched alkanes of at least 4 members (excludes halogenated alkanes) is 2. The minimum Gasteiger partial charge on any atom is -0.308 e. The third kappa shape index (κ3) is 6.58. The minimum atomic E-state index is -2.88. The van der Waals surface area contributed by atoms with Gasteiger partial charge < -0.3 is 9.05 Å². The van der Waals surface area contributed by atoms with Gasteiger partial charge in [0.2, 0.25) is 0 Å². The predicted octanol–water partition coefficient (Wildman–Crippen LogP) is 3.99. The van der Waals surface area contributed by atoms with Crippen molar-refractivity contribution >= 4 is 7.60 Å². The van der Waals surface area contributed by atoms with Crippen molar-refractivity contribution < 1.29 is 13.6 Å². The Labute approximate surface area is 87.7 Å². The Bertz CT molecular complexity index is 157. The van der Waals surface area contributed by atoms with Gasteiger partial charge in [-0.15, -0.1) is 0 Å². The van der Waals surface area contributed by atoms with E-state index < -0.39 is 7.60 Å². The van der Waals surface area contributed by atoms with Crippen molar-refractivity contribution in [2.75, 3.05) is 13.2 Å². The monoisotopic (exact) mass is 221 g/mol. The Kier molecular flexibility index (Phi) is 8.55. The van der Waals surface area contributed by atoms with Crippen LogP contribution in [-0.4, -0.2) is 13.2 Å². The Balaban J connectivity index is 3.74. The highest BCUT2D eigenvalue weighted by Crippen LogP contribution is 2.51. The van der Waals surface area contributed by atoms with E-state index in [4.69, 9.17) is 9.05 Å². The van der Waals surface area contributed by atoms with Crippen LogP contribution in [0, 0.1) is 6.16 Å². The molecular weight excluding hydrogens is 199 g/mol. The molecule has 14 heavy (non-hydrogen) atoms. The summed E-state index contributed by atoms with van der Waals surface area (Å²) in [5.41, 5.74) is 0. The van der Waals surface area contributed by atoms with E-state index in [0.29, 0.717) is 13.2 Å². The summed E-state index contributed by atoms with van der Waals surface area (Å²) in [5.74, 6) is 0. The van der Waals surface area contributed by atoms with Crippen LogP contribution in [0.1, 0.15) is 46.5 Å². The van der Waals surface area contributed by atoms with Crippen molar-refractivity contribution in [3.05, 3.63) is 6.16 Å². The first-order chi connectivity index (χ1) is 6.68. The molecule has 0 aliphatic rings. The Hall–Kier alpha value is 0.150. The van der Waals surface area contributed by atoms with E-state index in [-0.39, 0.29) is 0 Å². The largest absolute Gasteiger partial charge is 0.334 e.